The summed E-state index contributed by atoms with van der Waals surface area (Å²) in [6.07, 6.45) is -4.63. The van der Waals surface area contributed by atoms with Crippen LogP contribution in [-0.2, 0) is 0 Å². The first kappa shape index (κ1) is 12.1. The van der Waals surface area contributed by atoms with Gasteiger partial charge in [0.15, 0.2) is 0 Å². The maximum absolute atomic E-state index is 12.3. The number of rotatable bonds is 1. The van der Waals surface area contributed by atoms with Crippen molar-refractivity contribution >= 4 is 11.6 Å². The summed E-state index contributed by atoms with van der Waals surface area (Å²) in [5, 5.41) is 9.26. The molecule has 0 fully saturated rings. The minimum atomic E-state index is -4.63. The molecule has 0 aliphatic rings. The van der Waals surface area contributed by atoms with Gasteiger partial charge in [-0.3, -0.25) is 0 Å². The van der Waals surface area contributed by atoms with Gasteiger partial charge in [0.2, 0.25) is 0 Å². The van der Waals surface area contributed by atoms with Crippen molar-refractivity contribution in [1.29, 1.82) is 0 Å². The van der Waals surface area contributed by atoms with Crippen LogP contribution in [0.2, 0.25) is 5.02 Å². The van der Waals surface area contributed by atoms with Gasteiger partial charge in [0.05, 0.1) is 0 Å². The smallest absolute Gasteiger partial charge is 0.407 e. The highest BCUT2D eigenvalue weighted by molar-refractivity contribution is 6.31. The molecule has 1 aromatic rings. The van der Waals surface area contributed by atoms with E-state index in [4.69, 9.17) is 17.3 Å². The van der Waals surface area contributed by atoms with Crippen molar-refractivity contribution in [2.24, 2.45) is 5.73 Å². The third kappa shape index (κ3) is 2.35. The lowest BCUT2D eigenvalue weighted by Gasteiger charge is -2.19. The molecule has 84 valence electrons. The molecule has 0 radical (unpaired) electrons. The first-order valence-corrected chi connectivity index (χ1v) is 4.43. The van der Waals surface area contributed by atoms with Crippen LogP contribution in [0.25, 0.3) is 0 Å². The number of alkyl halides is 3. The molecule has 15 heavy (non-hydrogen) atoms. The Morgan fingerprint density at radius 2 is 1.93 bits per heavy atom. The first-order valence-electron chi connectivity index (χ1n) is 4.05. The fraction of sp³-hybridized carbons (Fsp3) is 0.333. The van der Waals surface area contributed by atoms with Gasteiger partial charge in [-0.15, -0.1) is 0 Å². The fourth-order valence-electron chi connectivity index (χ4n) is 1.15. The first-order chi connectivity index (χ1) is 6.75. The molecule has 3 N–H and O–H groups in total. The van der Waals surface area contributed by atoms with Gasteiger partial charge in [-0.2, -0.15) is 13.2 Å². The summed E-state index contributed by atoms with van der Waals surface area (Å²) >= 11 is 5.56. The van der Waals surface area contributed by atoms with Gasteiger partial charge in [0.25, 0.3) is 0 Å². The van der Waals surface area contributed by atoms with Crippen LogP contribution in [0.4, 0.5) is 13.2 Å². The Bertz CT molecular complexity index is 378. The molecule has 2 nitrogen and oxygen atoms in total. The highest BCUT2D eigenvalue weighted by Crippen LogP contribution is 2.40. The molecule has 6 heteroatoms. The Kier molecular flexibility index (Phi) is 3.16. The highest BCUT2D eigenvalue weighted by atomic mass is 35.5. The lowest BCUT2D eigenvalue weighted by atomic mass is 10.0. The molecular formula is C9H9ClF3NO. The summed E-state index contributed by atoms with van der Waals surface area (Å²) < 4.78 is 37.0. The zero-order chi connectivity index (χ0) is 11.8. The molecule has 0 saturated heterocycles. The molecule has 0 saturated carbocycles. The Morgan fingerprint density at radius 3 is 2.40 bits per heavy atom. The Hall–Kier alpha value is -0.940. The van der Waals surface area contributed by atoms with Crippen molar-refractivity contribution in [2.75, 3.05) is 0 Å². The van der Waals surface area contributed by atoms with Gasteiger partial charge in [0, 0.05) is 10.6 Å². The third-order valence-electron chi connectivity index (χ3n) is 2.03. The lowest BCUT2D eigenvalue weighted by Crippen LogP contribution is -2.28. The van der Waals surface area contributed by atoms with Crippen LogP contribution in [0, 0.1) is 6.92 Å². The summed E-state index contributed by atoms with van der Waals surface area (Å²) in [6, 6.07) is 0.423. The summed E-state index contributed by atoms with van der Waals surface area (Å²) in [5.41, 5.74) is 4.79. The van der Waals surface area contributed by atoms with Gasteiger partial charge < -0.3 is 10.8 Å². The predicted molar refractivity (Wildman–Crippen MR) is 50.8 cm³/mol. The molecule has 0 aliphatic carbocycles. The van der Waals surface area contributed by atoms with E-state index in [1.807, 2.05) is 0 Å². The van der Waals surface area contributed by atoms with Crippen molar-refractivity contribution < 1.29 is 18.3 Å². The molecule has 0 amide bonds. The average molecular weight is 240 g/mol. The second-order valence-corrected chi connectivity index (χ2v) is 3.55. The van der Waals surface area contributed by atoms with Crippen LogP contribution in [0.3, 0.4) is 0 Å². The molecule has 0 bridgehead atoms. The number of hydrogen-bond donors (Lipinski definition) is 2. The second-order valence-electron chi connectivity index (χ2n) is 3.15. The van der Waals surface area contributed by atoms with Crippen molar-refractivity contribution in [2.45, 2.75) is 19.1 Å². The number of phenolic OH excluding ortho intramolecular Hbond substituents is 1. The van der Waals surface area contributed by atoms with Crippen LogP contribution in [-0.4, -0.2) is 11.3 Å². The van der Waals surface area contributed by atoms with E-state index >= 15 is 0 Å². The van der Waals surface area contributed by atoms with Crippen LogP contribution < -0.4 is 5.73 Å². The summed E-state index contributed by atoms with van der Waals surface area (Å²) in [4.78, 5) is 0. The van der Waals surface area contributed by atoms with Crippen molar-refractivity contribution in [1.82, 2.24) is 0 Å². The van der Waals surface area contributed by atoms with Gasteiger partial charge in [-0.25, -0.2) is 0 Å². The number of aryl methyl sites for hydroxylation is 1. The molecule has 0 aliphatic heterocycles. The number of hydrogen-bond acceptors (Lipinski definition) is 2. The van der Waals surface area contributed by atoms with Gasteiger partial charge in [-0.1, -0.05) is 17.7 Å². The number of nitrogens with two attached hydrogens (primary N) is 1. The maximum atomic E-state index is 12.3. The standard InChI is InChI=1S/C9H9ClF3NO/c1-4-2-3-5(10)6(7(4)15)8(14)9(11,12)13/h2-3,8,15H,14H2,1H3/t8-/m0/s1. The van der Waals surface area contributed by atoms with E-state index in [1.165, 1.54) is 19.1 Å². The number of benzene rings is 1. The Balaban J connectivity index is 3.31. The van der Waals surface area contributed by atoms with Crippen LogP contribution in [0.15, 0.2) is 12.1 Å². The maximum Gasteiger partial charge on any atom is 0.407 e. The van der Waals surface area contributed by atoms with Crippen molar-refractivity contribution in [3.05, 3.63) is 28.3 Å². The average Bonchev–Trinajstić information content (AvgIpc) is 2.10. The molecule has 1 aromatic carbocycles. The zero-order valence-corrected chi connectivity index (χ0v) is 8.52. The zero-order valence-electron chi connectivity index (χ0n) is 7.77. The van der Waals surface area contributed by atoms with E-state index < -0.39 is 23.5 Å². The normalized spacial score (nSPS) is 14.0. The topological polar surface area (TPSA) is 46.2 Å². The number of phenols is 1. The molecule has 0 unspecified atom stereocenters. The monoisotopic (exact) mass is 239 g/mol. The van der Waals surface area contributed by atoms with E-state index in [9.17, 15) is 18.3 Å². The lowest BCUT2D eigenvalue weighted by molar-refractivity contribution is -0.149. The highest BCUT2D eigenvalue weighted by Gasteiger charge is 2.40. The number of halogens is 4. The van der Waals surface area contributed by atoms with Crippen molar-refractivity contribution in [3.8, 4) is 5.75 Å². The van der Waals surface area contributed by atoms with Crippen LogP contribution in [0.1, 0.15) is 17.2 Å². The van der Waals surface area contributed by atoms with E-state index in [2.05, 4.69) is 0 Å². The minimum Gasteiger partial charge on any atom is -0.507 e. The minimum absolute atomic E-state index is 0.192. The molecule has 0 heterocycles. The van der Waals surface area contributed by atoms with Crippen LogP contribution in [0.5, 0.6) is 5.75 Å². The fourth-order valence-corrected chi connectivity index (χ4v) is 1.42. The molecule has 0 spiro atoms. The molecule has 1 rings (SSSR count). The van der Waals surface area contributed by atoms with E-state index in [0.29, 0.717) is 5.56 Å². The molecule has 1 atom stereocenters. The Labute approximate surface area is 89.5 Å². The van der Waals surface area contributed by atoms with Crippen LogP contribution >= 0.6 is 11.6 Å². The summed E-state index contributed by atoms with van der Waals surface area (Å²) in [6.45, 7) is 1.47. The predicted octanol–water partition coefficient (Wildman–Crippen LogP) is 2.92. The van der Waals surface area contributed by atoms with E-state index in [-0.39, 0.29) is 5.02 Å². The van der Waals surface area contributed by atoms with Gasteiger partial charge >= 0.3 is 6.18 Å². The molecular weight excluding hydrogens is 231 g/mol. The SMILES string of the molecule is Cc1ccc(Cl)c([C@H](N)C(F)(F)F)c1O. The van der Waals surface area contributed by atoms with Gasteiger partial charge in [0.1, 0.15) is 11.8 Å². The second kappa shape index (κ2) is 3.90. The largest absolute Gasteiger partial charge is 0.507 e. The summed E-state index contributed by atoms with van der Waals surface area (Å²) in [7, 11) is 0. The Morgan fingerprint density at radius 1 is 1.40 bits per heavy atom. The van der Waals surface area contributed by atoms with Crippen molar-refractivity contribution in [3.63, 3.8) is 0 Å². The molecule has 0 aromatic heterocycles. The quantitative estimate of drug-likeness (QED) is 0.792. The van der Waals surface area contributed by atoms with E-state index in [1.54, 1.807) is 0 Å². The van der Waals surface area contributed by atoms with Gasteiger partial charge in [-0.05, 0) is 18.6 Å². The van der Waals surface area contributed by atoms with E-state index in [0.717, 1.165) is 0 Å². The number of aromatic hydroxyl groups is 1. The summed E-state index contributed by atoms with van der Waals surface area (Å²) in [5.74, 6) is -0.507. The third-order valence-corrected chi connectivity index (χ3v) is 2.36.